The fourth-order valence-corrected chi connectivity index (χ4v) is 4.30. The van der Waals surface area contributed by atoms with E-state index in [-0.39, 0.29) is 5.57 Å². The Kier molecular flexibility index (Phi) is 7.54. The third-order valence-electron chi connectivity index (χ3n) is 6.02. The zero-order valence-corrected chi connectivity index (χ0v) is 20.4. The number of nitrogens with zero attached hydrogens (tertiary/aromatic N) is 3. The molecule has 1 aliphatic rings. The van der Waals surface area contributed by atoms with Crippen LogP contribution < -0.4 is 15.0 Å². The van der Waals surface area contributed by atoms with E-state index in [4.69, 9.17) is 9.47 Å². The average molecular weight is 471 g/mol. The van der Waals surface area contributed by atoms with Crippen LogP contribution in [-0.4, -0.2) is 43.4 Å². The fourth-order valence-electron chi connectivity index (χ4n) is 4.30. The summed E-state index contributed by atoms with van der Waals surface area (Å²) in [5.41, 5.74) is 5.64. The van der Waals surface area contributed by atoms with Gasteiger partial charge in [-0.05, 0) is 74.9 Å². The van der Waals surface area contributed by atoms with Crippen molar-refractivity contribution in [3.63, 3.8) is 0 Å². The smallest absolute Gasteiger partial charge is 0.266 e. The SMILES string of the molecule is CCOc1cccc(NC(=O)/C(C#N)=C\c2cc(C)n(-c3ccc(N4CCOCC4)cc3)c2C)c1. The number of anilines is 2. The van der Waals surface area contributed by atoms with Crippen molar-refractivity contribution in [2.45, 2.75) is 20.8 Å². The summed E-state index contributed by atoms with van der Waals surface area (Å²) in [6.45, 7) is 9.73. The normalized spacial score (nSPS) is 13.9. The number of morpholine rings is 1. The molecule has 180 valence electrons. The van der Waals surface area contributed by atoms with Crippen molar-refractivity contribution in [3.8, 4) is 17.5 Å². The zero-order chi connectivity index (χ0) is 24.8. The van der Waals surface area contributed by atoms with Gasteiger partial charge in [0.15, 0.2) is 0 Å². The van der Waals surface area contributed by atoms with Gasteiger partial charge in [-0.15, -0.1) is 0 Å². The number of ether oxygens (including phenoxy) is 2. The molecule has 0 spiro atoms. The van der Waals surface area contributed by atoms with Crippen LogP contribution >= 0.6 is 0 Å². The summed E-state index contributed by atoms with van der Waals surface area (Å²) >= 11 is 0. The van der Waals surface area contributed by atoms with Crippen LogP contribution in [0.5, 0.6) is 5.75 Å². The molecule has 1 fully saturated rings. The third kappa shape index (κ3) is 5.56. The fraction of sp³-hybridized carbons (Fsp3) is 0.286. The number of hydrogen-bond acceptors (Lipinski definition) is 5. The van der Waals surface area contributed by atoms with Crippen molar-refractivity contribution >= 4 is 23.4 Å². The molecule has 1 N–H and O–H groups in total. The van der Waals surface area contributed by atoms with E-state index in [1.54, 1.807) is 24.3 Å². The van der Waals surface area contributed by atoms with Gasteiger partial charge in [0.05, 0.1) is 19.8 Å². The number of carbonyl (C=O) groups is 1. The van der Waals surface area contributed by atoms with Crippen LogP contribution in [0.4, 0.5) is 11.4 Å². The van der Waals surface area contributed by atoms with Gasteiger partial charge in [0.1, 0.15) is 17.4 Å². The topological polar surface area (TPSA) is 79.5 Å². The molecule has 1 saturated heterocycles. The molecule has 35 heavy (non-hydrogen) atoms. The molecule has 1 aromatic heterocycles. The van der Waals surface area contributed by atoms with E-state index in [0.29, 0.717) is 18.0 Å². The van der Waals surface area contributed by atoms with Crippen LogP contribution in [0.3, 0.4) is 0 Å². The van der Waals surface area contributed by atoms with Gasteiger partial charge in [-0.1, -0.05) is 6.07 Å². The van der Waals surface area contributed by atoms with Crippen LogP contribution in [0.15, 0.2) is 60.2 Å². The first-order valence-electron chi connectivity index (χ1n) is 11.8. The Morgan fingerprint density at radius 2 is 1.83 bits per heavy atom. The summed E-state index contributed by atoms with van der Waals surface area (Å²) in [5.74, 6) is 0.205. The van der Waals surface area contributed by atoms with Crippen LogP contribution in [0.25, 0.3) is 11.8 Å². The van der Waals surface area contributed by atoms with Crippen molar-refractivity contribution in [2.24, 2.45) is 0 Å². The Morgan fingerprint density at radius 1 is 1.11 bits per heavy atom. The summed E-state index contributed by atoms with van der Waals surface area (Å²) in [4.78, 5) is 15.1. The van der Waals surface area contributed by atoms with Crippen molar-refractivity contribution in [2.75, 3.05) is 43.1 Å². The number of aromatic nitrogens is 1. The molecule has 3 aromatic rings. The van der Waals surface area contributed by atoms with E-state index in [1.165, 1.54) is 5.69 Å². The molecule has 0 unspecified atom stereocenters. The van der Waals surface area contributed by atoms with Gasteiger partial charge in [-0.25, -0.2) is 0 Å². The molecule has 4 rings (SSSR count). The number of benzene rings is 2. The van der Waals surface area contributed by atoms with Crippen LogP contribution in [0.1, 0.15) is 23.9 Å². The maximum Gasteiger partial charge on any atom is 0.266 e. The Balaban J connectivity index is 1.55. The third-order valence-corrected chi connectivity index (χ3v) is 6.02. The number of nitrogens with one attached hydrogen (secondary N) is 1. The van der Waals surface area contributed by atoms with Crippen molar-refractivity contribution in [1.29, 1.82) is 5.26 Å². The van der Waals surface area contributed by atoms with Gasteiger partial charge in [0.2, 0.25) is 0 Å². The Morgan fingerprint density at radius 3 is 2.51 bits per heavy atom. The first-order valence-corrected chi connectivity index (χ1v) is 11.8. The number of hydrogen-bond donors (Lipinski definition) is 1. The summed E-state index contributed by atoms with van der Waals surface area (Å²) < 4.78 is 13.1. The van der Waals surface area contributed by atoms with Gasteiger partial charge < -0.3 is 24.3 Å². The first kappa shape index (κ1) is 24.1. The van der Waals surface area contributed by atoms with E-state index in [2.05, 4.69) is 39.0 Å². The Hall–Kier alpha value is -4.02. The molecule has 0 bridgehead atoms. The van der Waals surface area contributed by atoms with Crippen molar-refractivity contribution in [1.82, 2.24) is 4.57 Å². The van der Waals surface area contributed by atoms with Crippen molar-refractivity contribution < 1.29 is 14.3 Å². The predicted octanol–water partition coefficient (Wildman–Crippen LogP) is 4.88. The minimum atomic E-state index is -0.458. The highest BCUT2D eigenvalue weighted by molar-refractivity contribution is 6.09. The molecule has 7 heteroatoms. The second kappa shape index (κ2) is 10.9. The quantitative estimate of drug-likeness (QED) is 0.393. The number of carbonyl (C=O) groups excluding carboxylic acids is 1. The van der Waals surface area contributed by atoms with Crippen LogP contribution in [-0.2, 0) is 9.53 Å². The van der Waals surface area contributed by atoms with Gasteiger partial charge in [-0.3, -0.25) is 4.79 Å². The number of amides is 1. The highest BCUT2D eigenvalue weighted by Gasteiger charge is 2.15. The first-order chi connectivity index (χ1) is 17.0. The number of rotatable bonds is 7. The molecule has 1 aliphatic heterocycles. The molecule has 0 radical (unpaired) electrons. The van der Waals surface area contributed by atoms with Crippen molar-refractivity contribution in [3.05, 3.63) is 77.1 Å². The lowest BCUT2D eigenvalue weighted by Crippen LogP contribution is -2.36. The van der Waals surface area contributed by atoms with Gasteiger partial charge >= 0.3 is 0 Å². The highest BCUT2D eigenvalue weighted by atomic mass is 16.5. The summed E-state index contributed by atoms with van der Waals surface area (Å²) in [6.07, 6.45) is 1.64. The molecule has 0 atom stereocenters. The minimum Gasteiger partial charge on any atom is -0.494 e. The van der Waals surface area contributed by atoms with Crippen LogP contribution in [0.2, 0.25) is 0 Å². The summed E-state index contributed by atoms with van der Waals surface area (Å²) in [5, 5.41) is 12.5. The second-order valence-electron chi connectivity index (χ2n) is 8.36. The average Bonchev–Trinajstić information content (AvgIpc) is 3.16. The number of aryl methyl sites for hydroxylation is 1. The van der Waals surface area contributed by atoms with Gasteiger partial charge in [0, 0.05) is 47.6 Å². The van der Waals surface area contributed by atoms with E-state index < -0.39 is 5.91 Å². The molecular formula is C28H30N4O3. The molecule has 2 aromatic carbocycles. The lowest BCUT2D eigenvalue weighted by atomic mass is 10.1. The maximum absolute atomic E-state index is 12.8. The van der Waals surface area contributed by atoms with E-state index >= 15 is 0 Å². The van der Waals surface area contributed by atoms with Gasteiger partial charge in [-0.2, -0.15) is 5.26 Å². The molecule has 2 heterocycles. The minimum absolute atomic E-state index is 0.0368. The number of nitriles is 1. The molecule has 0 aliphatic carbocycles. The summed E-state index contributed by atoms with van der Waals surface area (Å²) in [6, 6.07) is 19.6. The molecule has 0 saturated carbocycles. The van der Waals surface area contributed by atoms with E-state index in [9.17, 15) is 10.1 Å². The maximum atomic E-state index is 12.8. The zero-order valence-electron chi connectivity index (χ0n) is 20.4. The summed E-state index contributed by atoms with van der Waals surface area (Å²) in [7, 11) is 0. The lowest BCUT2D eigenvalue weighted by Gasteiger charge is -2.29. The van der Waals surface area contributed by atoms with E-state index in [1.807, 2.05) is 39.0 Å². The Labute approximate surface area is 206 Å². The molecule has 1 amide bonds. The highest BCUT2D eigenvalue weighted by Crippen LogP contribution is 2.26. The second-order valence-corrected chi connectivity index (χ2v) is 8.36. The van der Waals surface area contributed by atoms with Gasteiger partial charge in [0.25, 0.3) is 5.91 Å². The van der Waals surface area contributed by atoms with Crippen LogP contribution in [0, 0.1) is 25.2 Å². The molecule has 7 nitrogen and oxygen atoms in total. The molecular weight excluding hydrogens is 440 g/mol. The monoisotopic (exact) mass is 470 g/mol. The largest absolute Gasteiger partial charge is 0.494 e. The lowest BCUT2D eigenvalue weighted by molar-refractivity contribution is -0.112. The standard InChI is InChI=1S/C28H30N4O3/c1-4-35-27-7-5-6-24(18-27)30-28(33)23(19-29)17-22-16-20(2)32(21(22)3)26-10-8-25(9-11-26)31-12-14-34-15-13-31/h5-11,16-18H,4,12-15H2,1-3H3,(H,30,33)/b23-17-. The predicted molar refractivity (Wildman–Crippen MR) is 138 cm³/mol. The van der Waals surface area contributed by atoms with E-state index in [0.717, 1.165) is 48.9 Å². The Bertz CT molecular complexity index is 1260.